The number of nitrogens with zero attached hydrogens (tertiary/aromatic N) is 1. The topological polar surface area (TPSA) is 37.0 Å². The van der Waals surface area contributed by atoms with E-state index >= 15 is 0 Å². The summed E-state index contributed by atoms with van der Waals surface area (Å²) in [6, 6.07) is 0.871. The second-order valence-electron chi connectivity index (χ2n) is 4.13. The van der Waals surface area contributed by atoms with E-state index in [1.54, 1.807) is 0 Å². The van der Waals surface area contributed by atoms with Crippen molar-refractivity contribution in [3.8, 4) is 0 Å². The molecule has 3 nitrogen and oxygen atoms in total. The Bertz CT molecular complexity index is 426. The molecule has 106 valence electrons. The van der Waals surface area contributed by atoms with Crippen molar-refractivity contribution in [3.63, 3.8) is 0 Å². The predicted molar refractivity (Wildman–Crippen MR) is 80.4 cm³/mol. The zero-order valence-electron chi connectivity index (χ0n) is 10.7. The van der Waals surface area contributed by atoms with Crippen LogP contribution in [-0.4, -0.2) is 40.6 Å². The Hall–Kier alpha value is -0.690. The van der Waals surface area contributed by atoms with Crippen LogP contribution in [0, 0.1) is 11.6 Å². The first-order valence-electron chi connectivity index (χ1n) is 6.23. The summed E-state index contributed by atoms with van der Waals surface area (Å²) in [7, 11) is 0. The number of halogens is 2. The number of hydrogen-bond acceptors (Lipinski definition) is 5. The lowest BCUT2D eigenvalue weighted by atomic mass is 10.3. The highest BCUT2D eigenvalue weighted by molar-refractivity contribution is 8.06. The third-order valence-electron chi connectivity index (χ3n) is 2.66. The molecule has 1 saturated heterocycles. The molecule has 2 N–H and O–H groups in total. The molecule has 0 aromatic carbocycles. The van der Waals surface area contributed by atoms with Crippen LogP contribution in [0.15, 0.2) is 6.07 Å². The van der Waals surface area contributed by atoms with Crippen molar-refractivity contribution in [2.45, 2.75) is 12.2 Å². The Morgan fingerprint density at radius 3 is 2.63 bits per heavy atom. The van der Waals surface area contributed by atoms with E-state index in [0.717, 1.165) is 17.6 Å². The van der Waals surface area contributed by atoms with Gasteiger partial charge in [-0.2, -0.15) is 23.5 Å². The Labute approximate surface area is 120 Å². The molecular weight excluding hydrogens is 288 g/mol. The number of thioether (sulfide) groups is 2. The van der Waals surface area contributed by atoms with E-state index in [4.69, 9.17) is 0 Å². The fourth-order valence-electron chi connectivity index (χ4n) is 1.75. The molecule has 1 atom stereocenters. The molecule has 1 aliphatic heterocycles. The fraction of sp³-hybridized carbons (Fsp3) is 0.583. The smallest absolute Gasteiger partial charge is 0.168 e. The first-order chi connectivity index (χ1) is 9.20. The zero-order valence-corrected chi connectivity index (χ0v) is 12.3. The van der Waals surface area contributed by atoms with Crippen LogP contribution in [0.4, 0.5) is 20.4 Å². The Kier molecular flexibility index (Phi) is 5.57. The van der Waals surface area contributed by atoms with Crippen LogP contribution in [0.25, 0.3) is 0 Å². The molecule has 0 spiro atoms. The zero-order chi connectivity index (χ0) is 13.7. The second kappa shape index (κ2) is 7.19. The van der Waals surface area contributed by atoms with Crippen molar-refractivity contribution < 1.29 is 8.78 Å². The van der Waals surface area contributed by atoms with E-state index in [1.165, 1.54) is 5.75 Å². The number of aromatic nitrogens is 1. The molecule has 1 aromatic rings. The molecule has 0 bridgehead atoms. The second-order valence-corrected chi connectivity index (χ2v) is 6.69. The van der Waals surface area contributed by atoms with Gasteiger partial charge in [-0.3, -0.25) is 0 Å². The number of anilines is 2. The van der Waals surface area contributed by atoms with Gasteiger partial charge in [-0.05, 0) is 6.92 Å². The molecule has 0 amide bonds. The average molecular weight is 305 g/mol. The van der Waals surface area contributed by atoms with Crippen molar-refractivity contribution in [2.24, 2.45) is 0 Å². The molecular formula is C12H17F2N3S2. The molecule has 2 rings (SSSR count). The SMILES string of the molecule is CCNc1nc(NCC2CSCCS2)c(F)cc1F. The van der Waals surface area contributed by atoms with Gasteiger partial charge in [0.15, 0.2) is 23.3 Å². The van der Waals surface area contributed by atoms with E-state index in [0.29, 0.717) is 18.3 Å². The summed E-state index contributed by atoms with van der Waals surface area (Å²) < 4.78 is 27.0. The van der Waals surface area contributed by atoms with Crippen molar-refractivity contribution in [2.75, 3.05) is 41.0 Å². The number of pyridine rings is 1. The van der Waals surface area contributed by atoms with Gasteiger partial charge in [0.1, 0.15) is 0 Å². The highest BCUT2D eigenvalue weighted by atomic mass is 32.2. The van der Waals surface area contributed by atoms with Crippen LogP contribution in [0.3, 0.4) is 0 Å². The van der Waals surface area contributed by atoms with Crippen LogP contribution < -0.4 is 10.6 Å². The van der Waals surface area contributed by atoms with E-state index < -0.39 is 11.6 Å². The first-order valence-corrected chi connectivity index (χ1v) is 8.44. The van der Waals surface area contributed by atoms with Crippen LogP contribution in [0.1, 0.15) is 6.92 Å². The molecule has 0 saturated carbocycles. The summed E-state index contributed by atoms with van der Waals surface area (Å²) in [5, 5.41) is 6.21. The van der Waals surface area contributed by atoms with Crippen molar-refractivity contribution in [3.05, 3.63) is 17.7 Å². The average Bonchev–Trinajstić information content (AvgIpc) is 2.42. The minimum Gasteiger partial charge on any atom is -0.368 e. The monoisotopic (exact) mass is 305 g/mol. The highest BCUT2D eigenvalue weighted by Crippen LogP contribution is 2.25. The lowest BCUT2D eigenvalue weighted by Crippen LogP contribution is -2.24. The van der Waals surface area contributed by atoms with Crippen LogP contribution >= 0.6 is 23.5 Å². The van der Waals surface area contributed by atoms with E-state index in [-0.39, 0.29) is 11.6 Å². The maximum atomic E-state index is 13.6. The molecule has 7 heteroatoms. The lowest BCUT2D eigenvalue weighted by molar-refractivity contribution is 0.578. The predicted octanol–water partition coefficient (Wildman–Crippen LogP) is 3.05. The van der Waals surface area contributed by atoms with Crippen LogP contribution in [0.5, 0.6) is 0 Å². The van der Waals surface area contributed by atoms with Gasteiger partial charge in [0, 0.05) is 41.7 Å². The van der Waals surface area contributed by atoms with Crippen molar-refractivity contribution >= 4 is 35.2 Å². The van der Waals surface area contributed by atoms with E-state index in [9.17, 15) is 8.78 Å². The number of nitrogens with one attached hydrogen (secondary N) is 2. The van der Waals surface area contributed by atoms with E-state index in [2.05, 4.69) is 15.6 Å². The Morgan fingerprint density at radius 1 is 1.26 bits per heavy atom. The van der Waals surface area contributed by atoms with Gasteiger partial charge >= 0.3 is 0 Å². The summed E-state index contributed by atoms with van der Waals surface area (Å²) in [4.78, 5) is 3.96. The van der Waals surface area contributed by atoms with Gasteiger partial charge in [0.05, 0.1) is 0 Å². The quantitative estimate of drug-likeness (QED) is 0.874. The molecule has 1 aromatic heterocycles. The van der Waals surface area contributed by atoms with Gasteiger partial charge in [-0.15, -0.1) is 0 Å². The molecule has 1 fully saturated rings. The van der Waals surface area contributed by atoms with Gasteiger partial charge in [0.25, 0.3) is 0 Å². The summed E-state index contributed by atoms with van der Waals surface area (Å²) >= 11 is 3.79. The van der Waals surface area contributed by atoms with Crippen molar-refractivity contribution in [1.29, 1.82) is 0 Å². The van der Waals surface area contributed by atoms with Gasteiger partial charge in [-0.25, -0.2) is 13.8 Å². The summed E-state index contributed by atoms with van der Waals surface area (Å²) in [5.41, 5.74) is 0. The normalized spacial score (nSPS) is 19.2. The molecule has 1 aliphatic rings. The van der Waals surface area contributed by atoms with E-state index in [1.807, 2.05) is 30.4 Å². The Balaban J connectivity index is 2.00. The number of rotatable bonds is 5. The van der Waals surface area contributed by atoms with Gasteiger partial charge < -0.3 is 10.6 Å². The molecule has 0 radical (unpaired) electrons. The van der Waals surface area contributed by atoms with Gasteiger partial charge in [0.2, 0.25) is 0 Å². The summed E-state index contributed by atoms with van der Waals surface area (Å²) in [6.45, 7) is 3.04. The minimum atomic E-state index is -0.660. The van der Waals surface area contributed by atoms with Crippen LogP contribution in [-0.2, 0) is 0 Å². The lowest BCUT2D eigenvalue weighted by Gasteiger charge is -2.21. The summed E-state index contributed by atoms with van der Waals surface area (Å²) in [6.07, 6.45) is 0. The third-order valence-corrected chi connectivity index (χ3v) is 5.50. The third kappa shape index (κ3) is 4.14. The summed E-state index contributed by atoms with van der Waals surface area (Å²) in [5.74, 6) is 2.26. The fourth-order valence-corrected chi connectivity index (χ4v) is 4.36. The maximum absolute atomic E-state index is 13.6. The molecule has 19 heavy (non-hydrogen) atoms. The van der Waals surface area contributed by atoms with Crippen molar-refractivity contribution in [1.82, 2.24) is 4.98 Å². The van der Waals surface area contributed by atoms with Crippen LogP contribution in [0.2, 0.25) is 0 Å². The molecule has 2 heterocycles. The highest BCUT2D eigenvalue weighted by Gasteiger charge is 2.16. The molecule has 0 aliphatic carbocycles. The standard InChI is InChI=1S/C12H17F2N3S2/c1-2-15-11-9(13)5-10(14)12(17-11)16-6-8-7-18-3-4-19-8/h5,8H,2-4,6-7H2,1H3,(H2,15,16,17). The van der Waals surface area contributed by atoms with Gasteiger partial charge in [-0.1, -0.05) is 0 Å². The number of hydrogen-bond donors (Lipinski definition) is 2. The Morgan fingerprint density at radius 2 is 2.00 bits per heavy atom. The first kappa shape index (κ1) is 14.7. The maximum Gasteiger partial charge on any atom is 0.168 e. The minimum absolute atomic E-state index is 0.0945. The largest absolute Gasteiger partial charge is 0.368 e. The molecule has 1 unspecified atom stereocenters.